The largest absolute Gasteiger partial charge is 0.477 e. The summed E-state index contributed by atoms with van der Waals surface area (Å²) in [7, 11) is 2.20. The molecule has 6 rings (SSSR count). The quantitative estimate of drug-likeness (QED) is 0.0992. The van der Waals surface area contributed by atoms with Gasteiger partial charge in [-0.15, -0.1) is 5.10 Å². The van der Waals surface area contributed by atoms with E-state index in [0.29, 0.717) is 28.5 Å². The van der Waals surface area contributed by atoms with Crippen LogP contribution in [0.15, 0.2) is 78.0 Å². The van der Waals surface area contributed by atoms with E-state index >= 15 is 0 Å². The number of hydrogen-bond acceptors (Lipinski definition) is 8. The summed E-state index contributed by atoms with van der Waals surface area (Å²) in [5.41, 5.74) is 0.0270. The molecule has 1 amide bonds. The van der Waals surface area contributed by atoms with Crippen molar-refractivity contribution in [3.8, 4) is 11.7 Å². The summed E-state index contributed by atoms with van der Waals surface area (Å²) in [6.45, 7) is 6.33. The number of hydrogen-bond donors (Lipinski definition) is 2. The van der Waals surface area contributed by atoms with Crippen molar-refractivity contribution in [3.63, 3.8) is 0 Å². The molecule has 0 radical (unpaired) electrons. The maximum atomic E-state index is 13.2. The third-order valence-electron chi connectivity index (χ3n) is 9.91. The second-order valence-electron chi connectivity index (χ2n) is 13.9. The summed E-state index contributed by atoms with van der Waals surface area (Å²) in [5, 5.41) is 8.32. The highest BCUT2D eigenvalue weighted by Crippen LogP contribution is 2.59. The highest BCUT2D eigenvalue weighted by atomic mass is 35.5. The number of carbonyl (C=O) groups is 1. The molecule has 14 heteroatoms. The molecule has 2 fully saturated rings. The van der Waals surface area contributed by atoms with Crippen LogP contribution in [0.25, 0.3) is 5.82 Å². The third kappa shape index (κ3) is 8.55. The molecule has 1 aliphatic heterocycles. The molecular weight excluding hydrogens is 687 g/mol. The Morgan fingerprint density at radius 3 is 2.54 bits per heavy atom. The van der Waals surface area contributed by atoms with Crippen LogP contribution in [0.5, 0.6) is 5.88 Å². The summed E-state index contributed by atoms with van der Waals surface area (Å²) >= 11 is 7.46. The number of rotatable bonds is 14. The first kappa shape index (κ1) is 36.0. The molecule has 4 heterocycles. The Morgan fingerprint density at radius 2 is 1.86 bits per heavy atom. The fraction of sp³-hybridized carbons (Fsp3) is 0.444. The first-order valence-electron chi connectivity index (χ1n) is 16.7. The summed E-state index contributed by atoms with van der Waals surface area (Å²) in [6.07, 6.45) is -0.289. The van der Waals surface area contributed by atoms with E-state index in [9.17, 15) is 18.0 Å². The van der Waals surface area contributed by atoms with Crippen molar-refractivity contribution < 1.29 is 22.7 Å². The molecule has 2 aliphatic rings. The molecule has 2 N–H and O–H groups in total. The fourth-order valence-corrected chi connectivity index (χ4v) is 7.38. The number of aromatic nitrogens is 4. The van der Waals surface area contributed by atoms with Crippen molar-refractivity contribution >= 4 is 35.3 Å². The monoisotopic (exact) mass is 727 g/mol. The zero-order chi connectivity index (χ0) is 35.5. The molecule has 1 aliphatic carbocycles. The van der Waals surface area contributed by atoms with Crippen LogP contribution in [0.4, 0.5) is 19.0 Å². The number of nitrogens with zero attached hydrogens (tertiary/aromatic N) is 5. The Bertz CT molecular complexity index is 1780. The summed E-state index contributed by atoms with van der Waals surface area (Å²) in [5.74, 6) is 1.68. The van der Waals surface area contributed by atoms with Gasteiger partial charge in [0.25, 0.3) is 5.91 Å². The van der Waals surface area contributed by atoms with Crippen molar-refractivity contribution in [2.24, 2.45) is 11.3 Å². The Morgan fingerprint density at radius 1 is 1.08 bits per heavy atom. The number of amides is 1. The molecule has 2 unspecified atom stereocenters. The minimum absolute atomic E-state index is 0.0356. The summed E-state index contributed by atoms with van der Waals surface area (Å²) in [4.78, 5) is 24.5. The molecule has 4 aromatic rings. The first-order valence-corrected chi connectivity index (χ1v) is 17.9. The molecule has 2 atom stereocenters. The van der Waals surface area contributed by atoms with Crippen molar-refractivity contribution in [2.75, 3.05) is 32.1 Å². The summed E-state index contributed by atoms with van der Waals surface area (Å²) in [6, 6.07) is 20.8. The fourth-order valence-electron chi connectivity index (χ4n) is 6.55. The molecule has 266 valence electrons. The Hall–Kier alpha value is -3.81. The SMILES string of the molecule is CN1CC(CC(CNc2cccc(SNC(=O)c3ccc(-n4ccc(OCCC5(C(F)(F)F)CC5)n4)nc3Cl)n2)c2ccccc2)CC1(C)C. The van der Waals surface area contributed by atoms with Gasteiger partial charge in [0.15, 0.2) is 5.82 Å². The summed E-state index contributed by atoms with van der Waals surface area (Å²) < 4.78 is 49.1. The van der Waals surface area contributed by atoms with Gasteiger partial charge in [-0.1, -0.05) is 48.0 Å². The van der Waals surface area contributed by atoms with Gasteiger partial charge in [-0.3, -0.25) is 9.52 Å². The average molecular weight is 728 g/mol. The molecule has 0 bridgehead atoms. The van der Waals surface area contributed by atoms with Crippen LogP contribution < -0.4 is 14.8 Å². The van der Waals surface area contributed by atoms with Crippen LogP contribution in [0.2, 0.25) is 5.15 Å². The zero-order valence-corrected chi connectivity index (χ0v) is 29.8. The first-order chi connectivity index (χ1) is 23.8. The lowest BCUT2D eigenvalue weighted by Gasteiger charge is -2.26. The van der Waals surface area contributed by atoms with Crippen molar-refractivity contribution in [3.05, 3.63) is 89.2 Å². The second kappa shape index (κ2) is 14.8. The molecule has 50 heavy (non-hydrogen) atoms. The number of pyridine rings is 2. The van der Waals surface area contributed by atoms with Crippen LogP contribution in [0.3, 0.4) is 0 Å². The lowest BCUT2D eigenvalue weighted by atomic mass is 9.85. The van der Waals surface area contributed by atoms with Crippen molar-refractivity contribution in [1.29, 1.82) is 0 Å². The smallest absolute Gasteiger partial charge is 0.394 e. The van der Waals surface area contributed by atoms with Crippen molar-refractivity contribution in [2.45, 2.75) is 68.6 Å². The molecule has 9 nitrogen and oxygen atoms in total. The van der Waals surface area contributed by atoms with Crippen LogP contribution in [-0.4, -0.2) is 69.0 Å². The van der Waals surface area contributed by atoms with Gasteiger partial charge < -0.3 is 15.0 Å². The number of nitrogens with one attached hydrogen (secondary N) is 2. The van der Waals surface area contributed by atoms with Crippen molar-refractivity contribution in [1.82, 2.24) is 29.4 Å². The van der Waals surface area contributed by atoms with Gasteiger partial charge in [-0.05, 0) is 88.7 Å². The van der Waals surface area contributed by atoms with Crippen LogP contribution in [0.1, 0.15) is 67.8 Å². The highest BCUT2D eigenvalue weighted by molar-refractivity contribution is 7.97. The zero-order valence-electron chi connectivity index (χ0n) is 28.2. The van der Waals surface area contributed by atoms with E-state index in [-0.39, 0.29) is 48.0 Å². The standard InChI is InChI=1S/C36H41ClF3N7O2S/c1-34(2)21-24(23-46(34)3)20-26(25-8-5-4-6-9-25)22-41-28-10-7-11-31(42-28)50-45-33(48)27-12-13-29(43-32(27)37)47-18-14-30(44-47)49-19-17-35(15-16-35)36(38,39)40/h4-14,18,24,26H,15-17,19-23H2,1-3H3,(H,41,42)(H,45,48). The Kier molecular flexibility index (Phi) is 10.7. The number of anilines is 1. The molecule has 3 aromatic heterocycles. The molecule has 1 saturated carbocycles. The highest BCUT2D eigenvalue weighted by Gasteiger charge is 2.62. The molecule has 1 saturated heterocycles. The third-order valence-corrected chi connectivity index (χ3v) is 10.9. The molecule has 0 spiro atoms. The Balaban J connectivity index is 1.02. The normalized spacial score (nSPS) is 18.8. The van der Waals surface area contributed by atoms with Gasteiger partial charge in [-0.25, -0.2) is 14.6 Å². The molecular formula is C36H41ClF3N7O2S. The predicted octanol–water partition coefficient (Wildman–Crippen LogP) is 8.18. The maximum Gasteiger partial charge on any atom is 0.394 e. The van der Waals surface area contributed by atoms with Gasteiger partial charge >= 0.3 is 6.18 Å². The van der Waals surface area contributed by atoms with Gasteiger partial charge in [-0.2, -0.15) is 13.2 Å². The molecule has 1 aromatic carbocycles. The topological polar surface area (TPSA) is 97.2 Å². The minimum Gasteiger partial charge on any atom is -0.477 e. The number of carbonyl (C=O) groups excluding carboxylic acids is 1. The predicted molar refractivity (Wildman–Crippen MR) is 189 cm³/mol. The van der Waals surface area contributed by atoms with Crippen LogP contribution in [-0.2, 0) is 0 Å². The number of benzene rings is 1. The van der Waals surface area contributed by atoms with E-state index in [2.05, 4.69) is 70.2 Å². The Labute approximate surface area is 299 Å². The van der Waals surface area contributed by atoms with Crippen LogP contribution in [0, 0.1) is 11.3 Å². The van der Waals surface area contributed by atoms with E-state index in [1.165, 1.54) is 22.4 Å². The number of halogens is 4. The number of likely N-dealkylation sites (tertiary alicyclic amines) is 1. The van der Waals surface area contributed by atoms with Gasteiger partial charge in [0, 0.05) is 48.8 Å². The second-order valence-corrected chi connectivity index (χ2v) is 15.0. The van der Waals surface area contributed by atoms with Gasteiger partial charge in [0.1, 0.15) is 16.0 Å². The number of ether oxygens (including phenoxy) is 1. The van der Waals surface area contributed by atoms with E-state index < -0.39 is 17.5 Å². The minimum atomic E-state index is -4.22. The van der Waals surface area contributed by atoms with E-state index in [0.717, 1.165) is 37.9 Å². The van der Waals surface area contributed by atoms with Gasteiger partial charge in [0.05, 0.1) is 17.6 Å². The van der Waals surface area contributed by atoms with E-state index in [4.69, 9.17) is 21.3 Å². The number of alkyl halides is 3. The lowest BCUT2D eigenvalue weighted by molar-refractivity contribution is -0.190. The average Bonchev–Trinajstić information content (AvgIpc) is 3.66. The van der Waals surface area contributed by atoms with Crippen LogP contribution >= 0.6 is 23.5 Å². The lowest BCUT2D eigenvalue weighted by Crippen LogP contribution is -2.34. The van der Waals surface area contributed by atoms with E-state index in [1.807, 2.05) is 24.3 Å². The van der Waals surface area contributed by atoms with Gasteiger partial charge in [0.2, 0.25) is 5.88 Å². The maximum absolute atomic E-state index is 13.2. The van der Waals surface area contributed by atoms with E-state index in [1.54, 1.807) is 12.3 Å².